The first kappa shape index (κ1) is 20.0. The maximum absolute atomic E-state index is 2.44. The molecular weight excluding hydrogens is 420 g/mol. The third-order valence-corrected chi connectivity index (χ3v) is 7.56. The van der Waals surface area contributed by atoms with Gasteiger partial charge in [-0.25, -0.2) is 0 Å². The lowest BCUT2D eigenvalue weighted by atomic mass is 9.67. The molecule has 0 spiro atoms. The molecule has 0 unspecified atom stereocenters. The Morgan fingerprint density at radius 1 is 0.371 bits per heavy atom. The van der Waals surface area contributed by atoms with Gasteiger partial charge >= 0.3 is 0 Å². The van der Waals surface area contributed by atoms with E-state index < -0.39 is 0 Å². The lowest BCUT2D eigenvalue weighted by Gasteiger charge is -2.34. The quantitative estimate of drug-likeness (QED) is 0.255. The van der Waals surface area contributed by atoms with Gasteiger partial charge in [-0.3, -0.25) is 0 Å². The molecule has 1 aliphatic carbocycles. The first-order chi connectivity index (χ1) is 17.4. The van der Waals surface area contributed by atoms with Gasteiger partial charge in [0.2, 0.25) is 0 Å². The zero-order valence-electron chi connectivity index (χ0n) is 19.4. The fourth-order valence-electron chi connectivity index (χ4n) is 6.09. The molecule has 164 valence electrons. The summed E-state index contributed by atoms with van der Waals surface area (Å²) in [7, 11) is 0. The van der Waals surface area contributed by atoms with Crippen LogP contribution in [-0.4, -0.2) is 0 Å². The predicted molar refractivity (Wildman–Crippen MR) is 147 cm³/mol. The van der Waals surface area contributed by atoms with Crippen LogP contribution in [0, 0.1) is 0 Å². The van der Waals surface area contributed by atoms with Crippen molar-refractivity contribution in [1.82, 2.24) is 0 Å². The van der Waals surface area contributed by atoms with Crippen molar-refractivity contribution in [2.24, 2.45) is 0 Å². The average Bonchev–Trinajstić information content (AvgIpc) is 3.24. The topological polar surface area (TPSA) is 0 Å². The van der Waals surface area contributed by atoms with Crippen molar-refractivity contribution < 1.29 is 0 Å². The molecule has 0 saturated heterocycles. The minimum Gasteiger partial charge on any atom is -0.0622 e. The van der Waals surface area contributed by atoms with E-state index in [9.17, 15) is 0 Å². The Kier molecular flexibility index (Phi) is 4.47. The molecule has 0 amide bonds. The van der Waals surface area contributed by atoms with Crippen LogP contribution in [-0.2, 0) is 5.41 Å². The minimum atomic E-state index is -0.366. The summed E-state index contributed by atoms with van der Waals surface area (Å²) in [5.74, 6) is 0. The number of fused-ring (bicyclic) bond motifs is 4. The highest BCUT2D eigenvalue weighted by molar-refractivity contribution is 5.98. The molecule has 0 aromatic heterocycles. The van der Waals surface area contributed by atoms with E-state index in [1.165, 1.54) is 55.3 Å². The molecule has 6 aromatic carbocycles. The van der Waals surface area contributed by atoms with Gasteiger partial charge in [0.15, 0.2) is 0 Å². The van der Waals surface area contributed by atoms with E-state index in [0.717, 1.165) is 0 Å². The van der Waals surface area contributed by atoms with Crippen molar-refractivity contribution in [3.05, 3.63) is 168 Å². The van der Waals surface area contributed by atoms with Gasteiger partial charge in [0.25, 0.3) is 0 Å². The number of benzene rings is 6. The van der Waals surface area contributed by atoms with Crippen molar-refractivity contribution in [2.45, 2.75) is 5.41 Å². The molecule has 0 atom stereocenters. The van der Waals surface area contributed by atoms with Gasteiger partial charge in [0.1, 0.15) is 0 Å². The zero-order valence-corrected chi connectivity index (χ0v) is 19.4. The van der Waals surface area contributed by atoms with E-state index in [1.807, 2.05) is 0 Å². The van der Waals surface area contributed by atoms with Gasteiger partial charge in [-0.1, -0.05) is 140 Å². The predicted octanol–water partition coefficient (Wildman–Crippen LogP) is 8.87. The molecule has 0 fully saturated rings. The number of hydrogen-bond acceptors (Lipinski definition) is 0. The molecule has 0 bridgehead atoms. The van der Waals surface area contributed by atoms with E-state index in [4.69, 9.17) is 0 Å². The summed E-state index contributed by atoms with van der Waals surface area (Å²) < 4.78 is 0. The average molecular weight is 445 g/mol. The van der Waals surface area contributed by atoms with Crippen molar-refractivity contribution in [3.8, 4) is 22.3 Å². The molecule has 0 saturated carbocycles. The van der Waals surface area contributed by atoms with Crippen LogP contribution in [0.4, 0.5) is 0 Å². The standard InChI is InChI=1S/C35H24/c1-3-14-27(15-4-1)35(28-16-5-2-6-17-28)33-21-10-9-19-31(33)32-23-22-26(24-34(32)35)30-20-11-13-25-12-7-8-18-29(25)30/h1-24H. The lowest BCUT2D eigenvalue weighted by molar-refractivity contribution is 0.769. The first-order valence-electron chi connectivity index (χ1n) is 12.2. The van der Waals surface area contributed by atoms with Gasteiger partial charge in [-0.2, -0.15) is 0 Å². The Balaban J connectivity index is 1.59. The summed E-state index contributed by atoms with van der Waals surface area (Å²) in [6.45, 7) is 0. The molecule has 0 heterocycles. The van der Waals surface area contributed by atoms with Gasteiger partial charge in [0, 0.05) is 0 Å². The van der Waals surface area contributed by atoms with Gasteiger partial charge in [-0.05, 0) is 61.3 Å². The Hall–Kier alpha value is -4.42. The number of rotatable bonds is 3. The van der Waals surface area contributed by atoms with Crippen molar-refractivity contribution >= 4 is 10.8 Å². The van der Waals surface area contributed by atoms with Crippen LogP contribution >= 0.6 is 0 Å². The van der Waals surface area contributed by atoms with E-state index in [-0.39, 0.29) is 5.41 Å². The molecule has 0 radical (unpaired) electrons. The number of hydrogen-bond donors (Lipinski definition) is 0. The maximum atomic E-state index is 2.44. The summed E-state index contributed by atoms with van der Waals surface area (Å²) in [6.07, 6.45) is 0. The van der Waals surface area contributed by atoms with Gasteiger partial charge in [0.05, 0.1) is 5.41 Å². The zero-order chi connectivity index (χ0) is 23.2. The summed E-state index contributed by atoms with van der Waals surface area (Å²) in [4.78, 5) is 0. The Labute approximate surface area is 206 Å². The second-order valence-electron chi connectivity index (χ2n) is 9.31. The SMILES string of the molecule is c1ccc(C2(c3ccccc3)c3ccccc3-c3ccc(-c4cccc5ccccc45)cc32)cc1. The highest BCUT2D eigenvalue weighted by atomic mass is 14.5. The molecule has 1 aliphatic rings. The smallest absolute Gasteiger partial charge is 0.0622 e. The van der Waals surface area contributed by atoms with Gasteiger partial charge < -0.3 is 0 Å². The van der Waals surface area contributed by atoms with E-state index in [2.05, 4.69) is 146 Å². The van der Waals surface area contributed by atoms with Crippen LogP contribution in [0.3, 0.4) is 0 Å². The molecule has 0 aliphatic heterocycles. The third-order valence-electron chi connectivity index (χ3n) is 7.56. The fourth-order valence-corrected chi connectivity index (χ4v) is 6.09. The summed E-state index contributed by atoms with van der Waals surface area (Å²) in [5.41, 5.74) is 10.1. The van der Waals surface area contributed by atoms with E-state index >= 15 is 0 Å². The van der Waals surface area contributed by atoms with E-state index in [1.54, 1.807) is 0 Å². The van der Waals surface area contributed by atoms with Crippen molar-refractivity contribution in [1.29, 1.82) is 0 Å². The molecule has 0 heteroatoms. The van der Waals surface area contributed by atoms with Crippen LogP contribution in [0.15, 0.2) is 146 Å². The molecule has 0 nitrogen and oxygen atoms in total. The van der Waals surface area contributed by atoms with Gasteiger partial charge in [-0.15, -0.1) is 0 Å². The first-order valence-corrected chi connectivity index (χ1v) is 12.2. The molecule has 6 aromatic rings. The highest BCUT2D eigenvalue weighted by Gasteiger charge is 2.45. The molecule has 35 heavy (non-hydrogen) atoms. The van der Waals surface area contributed by atoms with Crippen LogP contribution in [0.5, 0.6) is 0 Å². The molecule has 0 N–H and O–H groups in total. The lowest BCUT2D eigenvalue weighted by Crippen LogP contribution is -2.28. The van der Waals surface area contributed by atoms with Crippen molar-refractivity contribution in [3.63, 3.8) is 0 Å². The largest absolute Gasteiger partial charge is 0.0713 e. The summed E-state index contributed by atoms with van der Waals surface area (Å²) in [6, 6.07) is 53.3. The minimum absolute atomic E-state index is 0.366. The van der Waals surface area contributed by atoms with Crippen LogP contribution in [0.2, 0.25) is 0 Å². The normalized spacial score (nSPS) is 13.4. The third kappa shape index (κ3) is 2.87. The Morgan fingerprint density at radius 3 is 1.71 bits per heavy atom. The Morgan fingerprint density at radius 2 is 0.943 bits per heavy atom. The fraction of sp³-hybridized carbons (Fsp3) is 0.0286. The maximum Gasteiger partial charge on any atom is 0.0713 e. The second-order valence-corrected chi connectivity index (χ2v) is 9.31. The van der Waals surface area contributed by atoms with Crippen LogP contribution in [0.25, 0.3) is 33.0 Å². The van der Waals surface area contributed by atoms with Crippen molar-refractivity contribution in [2.75, 3.05) is 0 Å². The monoisotopic (exact) mass is 444 g/mol. The van der Waals surface area contributed by atoms with Crippen LogP contribution < -0.4 is 0 Å². The summed E-state index contributed by atoms with van der Waals surface area (Å²) in [5, 5.41) is 2.56. The Bertz CT molecular complexity index is 1630. The second kappa shape index (κ2) is 7.82. The molecular formula is C35H24. The van der Waals surface area contributed by atoms with Crippen LogP contribution in [0.1, 0.15) is 22.3 Å². The highest BCUT2D eigenvalue weighted by Crippen LogP contribution is 2.56. The summed E-state index contributed by atoms with van der Waals surface area (Å²) >= 11 is 0. The van der Waals surface area contributed by atoms with E-state index in [0.29, 0.717) is 0 Å². The molecule has 7 rings (SSSR count).